The van der Waals surface area contributed by atoms with Crippen molar-refractivity contribution in [3.63, 3.8) is 0 Å². The molecule has 190 valence electrons. The maximum absolute atomic E-state index is 13.2. The van der Waals surface area contributed by atoms with Crippen LogP contribution in [0.15, 0.2) is 40.8 Å². The van der Waals surface area contributed by atoms with E-state index in [2.05, 4.69) is 21.3 Å². The van der Waals surface area contributed by atoms with Crippen LogP contribution in [0.2, 0.25) is 0 Å². The molecular weight excluding hydrogens is 478 g/mol. The Labute approximate surface area is 211 Å². The molecule has 1 unspecified atom stereocenters. The minimum Gasteiger partial charge on any atom is -0.497 e. The zero-order valence-corrected chi connectivity index (χ0v) is 20.5. The SMILES string of the molecule is COc1ccc2c(c1)C(=O)N(C[C@@]1(c3cc4cc(C5(C)CNC(=O)N5)cc(C)c4o3)NC(=O)NC1=O)C2. The maximum Gasteiger partial charge on any atom is 0.322 e. The molecule has 0 aliphatic carbocycles. The summed E-state index contributed by atoms with van der Waals surface area (Å²) in [6, 6.07) is 9.88. The number of rotatable bonds is 5. The number of nitrogens with zero attached hydrogens (tertiary/aromatic N) is 1. The van der Waals surface area contributed by atoms with Crippen LogP contribution in [0.3, 0.4) is 0 Å². The number of imide groups is 1. The van der Waals surface area contributed by atoms with Crippen LogP contribution < -0.4 is 26.0 Å². The largest absolute Gasteiger partial charge is 0.497 e. The number of carbonyl (C=O) groups is 4. The molecule has 11 heteroatoms. The molecule has 2 aromatic carbocycles. The lowest BCUT2D eigenvalue weighted by molar-refractivity contribution is -0.125. The normalized spacial score (nSPS) is 24.7. The van der Waals surface area contributed by atoms with Gasteiger partial charge in [0.05, 0.1) is 19.2 Å². The summed E-state index contributed by atoms with van der Waals surface area (Å²) in [5.74, 6) is -0.100. The second-order valence-electron chi connectivity index (χ2n) is 9.96. The van der Waals surface area contributed by atoms with E-state index < -0.39 is 23.0 Å². The highest BCUT2D eigenvalue weighted by molar-refractivity contribution is 6.08. The Balaban J connectivity index is 1.40. The number of aryl methyl sites for hydroxylation is 1. The number of amides is 6. The van der Waals surface area contributed by atoms with Crippen molar-refractivity contribution >= 4 is 34.8 Å². The molecule has 2 saturated heterocycles. The molecule has 11 nitrogen and oxygen atoms in total. The van der Waals surface area contributed by atoms with Crippen LogP contribution in [0.25, 0.3) is 11.0 Å². The van der Waals surface area contributed by atoms with E-state index in [9.17, 15) is 19.2 Å². The summed E-state index contributed by atoms with van der Waals surface area (Å²) >= 11 is 0. The van der Waals surface area contributed by atoms with Crippen molar-refractivity contribution in [3.8, 4) is 5.75 Å². The highest BCUT2D eigenvalue weighted by Crippen LogP contribution is 2.37. The fourth-order valence-corrected chi connectivity index (χ4v) is 5.36. The van der Waals surface area contributed by atoms with Crippen molar-refractivity contribution in [1.29, 1.82) is 0 Å². The predicted molar refractivity (Wildman–Crippen MR) is 131 cm³/mol. The molecule has 2 atom stereocenters. The summed E-state index contributed by atoms with van der Waals surface area (Å²) in [5, 5.41) is 11.4. The number of methoxy groups -OCH3 is 1. The number of urea groups is 2. The van der Waals surface area contributed by atoms with E-state index in [1.165, 1.54) is 12.0 Å². The molecule has 0 bridgehead atoms. The summed E-state index contributed by atoms with van der Waals surface area (Å²) in [6.07, 6.45) is 0. The van der Waals surface area contributed by atoms with Gasteiger partial charge in [-0.3, -0.25) is 14.9 Å². The lowest BCUT2D eigenvalue weighted by Gasteiger charge is -2.29. The second-order valence-corrected chi connectivity index (χ2v) is 9.96. The molecule has 6 rings (SSSR count). The van der Waals surface area contributed by atoms with Crippen LogP contribution in [-0.4, -0.2) is 49.0 Å². The van der Waals surface area contributed by atoms with Gasteiger partial charge in [0, 0.05) is 24.0 Å². The number of nitrogens with one attached hydrogen (secondary N) is 4. The third kappa shape index (κ3) is 3.41. The van der Waals surface area contributed by atoms with Crippen LogP contribution in [-0.2, 0) is 22.4 Å². The van der Waals surface area contributed by atoms with Crippen LogP contribution in [0.5, 0.6) is 5.75 Å². The highest BCUT2D eigenvalue weighted by Gasteiger charge is 2.53. The number of hydrogen-bond acceptors (Lipinski definition) is 6. The zero-order chi connectivity index (χ0) is 26.1. The fraction of sp³-hybridized carbons (Fsp3) is 0.308. The van der Waals surface area contributed by atoms with Crippen LogP contribution in [0.1, 0.15) is 39.7 Å². The molecule has 4 N–H and O–H groups in total. The van der Waals surface area contributed by atoms with E-state index in [1.807, 2.05) is 32.0 Å². The minimum absolute atomic E-state index is 0.121. The molecule has 37 heavy (non-hydrogen) atoms. The van der Waals surface area contributed by atoms with Gasteiger partial charge in [0.2, 0.25) is 0 Å². The number of benzene rings is 2. The molecule has 6 amide bonds. The first-order valence-corrected chi connectivity index (χ1v) is 11.8. The van der Waals surface area contributed by atoms with E-state index in [0.717, 1.165) is 16.7 Å². The highest BCUT2D eigenvalue weighted by atomic mass is 16.5. The Morgan fingerprint density at radius 3 is 2.54 bits per heavy atom. The van der Waals surface area contributed by atoms with E-state index in [-0.39, 0.29) is 30.8 Å². The molecule has 4 heterocycles. The third-order valence-corrected chi connectivity index (χ3v) is 7.42. The van der Waals surface area contributed by atoms with Gasteiger partial charge in [-0.25, -0.2) is 9.59 Å². The van der Waals surface area contributed by atoms with Gasteiger partial charge in [-0.1, -0.05) is 6.07 Å². The summed E-state index contributed by atoms with van der Waals surface area (Å²) in [4.78, 5) is 52.1. The van der Waals surface area contributed by atoms with Gasteiger partial charge in [-0.2, -0.15) is 0 Å². The fourth-order valence-electron chi connectivity index (χ4n) is 5.36. The van der Waals surface area contributed by atoms with Gasteiger partial charge in [-0.05, 0) is 60.9 Å². The van der Waals surface area contributed by atoms with Gasteiger partial charge < -0.3 is 30.0 Å². The molecule has 3 aliphatic heterocycles. The van der Waals surface area contributed by atoms with Crippen molar-refractivity contribution in [2.24, 2.45) is 0 Å². The Morgan fingerprint density at radius 1 is 1.05 bits per heavy atom. The number of carbonyl (C=O) groups excluding carboxylic acids is 4. The lowest BCUT2D eigenvalue weighted by Crippen LogP contribution is -2.52. The Hall–Kier alpha value is -4.54. The number of ether oxygens (including phenoxy) is 1. The Morgan fingerprint density at radius 2 is 1.86 bits per heavy atom. The van der Waals surface area contributed by atoms with E-state index >= 15 is 0 Å². The third-order valence-electron chi connectivity index (χ3n) is 7.42. The average Bonchev–Trinajstić information content (AvgIpc) is 3.60. The topological polar surface area (TPSA) is 142 Å². The van der Waals surface area contributed by atoms with Gasteiger partial charge in [0.1, 0.15) is 17.1 Å². The Bertz CT molecular complexity index is 1530. The smallest absolute Gasteiger partial charge is 0.322 e. The van der Waals surface area contributed by atoms with Gasteiger partial charge >= 0.3 is 12.1 Å². The van der Waals surface area contributed by atoms with E-state index in [1.54, 1.807) is 18.2 Å². The summed E-state index contributed by atoms with van der Waals surface area (Å²) in [5.41, 5.74) is 1.29. The average molecular weight is 504 g/mol. The van der Waals surface area contributed by atoms with Crippen molar-refractivity contribution < 1.29 is 28.3 Å². The van der Waals surface area contributed by atoms with Gasteiger partial charge in [-0.15, -0.1) is 0 Å². The first-order valence-electron chi connectivity index (χ1n) is 11.8. The Kier molecular flexibility index (Phi) is 4.78. The standard InChI is InChI=1S/C26H25N5O6/c1-13-6-16(25(2)11-27-23(34)29-25)7-15-8-19(37-20(13)15)26(22(33)28-24(35)30-26)12-31-10-14-4-5-17(36-3)9-18(14)21(31)32/h4-9H,10-12H2,1-3H3,(H2,27,29,34)(H2,28,30,33,35)/t25?,26-/m0/s1. The molecule has 3 aromatic rings. The first kappa shape index (κ1) is 22.9. The summed E-state index contributed by atoms with van der Waals surface area (Å²) in [7, 11) is 1.53. The van der Waals surface area contributed by atoms with E-state index in [0.29, 0.717) is 28.8 Å². The molecule has 1 aromatic heterocycles. The number of fused-ring (bicyclic) bond motifs is 2. The lowest BCUT2D eigenvalue weighted by atomic mass is 9.90. The minimum atomic E-state index is -1.61. The maximum atomic E-state index is 13.2. The van der Waals surface area contributed by atoms with Crippen molar-refractivity contribution in [3.05, 3.63) is 64.4 Å². The van der Waals surface area contributed by atoms with Crippen LogP contribution in [0, 0.1) is 6.92 Å². The molecule has 0 radical (unpaired) electrons. The summed E-state index contributed by atoms with van der Waals surface area (Å²) in [6.45, 7) is 4.37. The molecular formula is C26H25N5O6. The quantitative estimate of drug-likeness (QED) is 0.392. The monoisotopic (exact) mass is 503 g/mol. The van der Waals surface area contributed by atoms with Gasteiger partial charge in [0.25, 0.3) is 11.8 Å². The molecule has 0 saturated carbocycles. The van der Waals surface area contributed by atoms with Crippen LogP contribution >= 0.6 is 0 Å². The zero-order valence-electron chi connectivity index (χ0n) is 20.5. The van der Waals surface area contributed by atoms with E-state index in [4.69, 9.17) is 9.15 Å². The van der Waals surface area contributed by atoms with Crippen molar-refractivity contribution in [1.82, 2.24) is 26.2 Å². The molecule has 3 aliphatic rings. The second kappa shape index (κ2) is 7.73. The number of furan rings is 1. The summed E-state index contributed by atoms with van der Waals surface area (Å²) < 4.78 is 11.4. The van der Waals surface area contributed by atoms with Crippen molar-refractivity contribution in [2.45, 2.75) is 31.5 Å². The number of hydrogen-bond donors (Lipinski definition) is 4. The van der Waals surface area contributed by atoms with Crippen molar-refractivity contribution in [2.75, 3.05) is 20.2 Å². The van der Waals surface area contributed by atoms with Crippen LogP contribution in [0.4, 0.5) is 9.59 Å². The molecule has 0 spiro atoms. The van der Waals surface area contributed by atoms with Gasteiger partial charge in [0.15, 0.2) is 5.54 Å². The first-order chi connectivity index (χ1) is 17.6. The molecule has 2 fully saturated rings. The predicted octanol–water partition coefficient (Wildman–Crippen LogP) is 1.97.